The highest BCUT2D eigenvalue weighted by Crippen LogP contribution is 2.27. The van der Waals surface area contributed by atoms with E-state index in [1.54, 1.807) is 11.3 Å². The monoisotopic (exact) mass is 290 g/mol. The molecule has 1 aromatic heterocycles. The summed E-state index contributed by atoms with van der Waals surface area (Å²) >= 11 is 1.62. The number of carboxylic acids is 1. The number of thiazole rings is 1. The molecule has 0 saturated heterocycles. The number of rotatable bonds is 6. The van der Waals surface area contributed by atoms with Crippen molar-refractivity contribution in [3.05, 3.63) is 46.4 Å². The number of aliphatic carboxylic acids is 1. The normalized spacial score (nSPS) is 12.1. The van der Waals surface area contributed by atoms with E-state index >= 15 is 0 Å². The van der Waals surface area contributed by atoms with Crippen LogP contribution in [0, 0.1) is 6.92 Å². The molecule has 2 rings (SSSR count). The van der Waals surface area contributed by atoms with Gasteiger partial charge < -0.3 is 10.0 Å². The molecule has 1 unspecified atom stereocenters. The first kappa shape index (κ1) is 14.5. The van der Waals surface area contributed by atoms with E-state index in [1.165, 1.54) is 0 Å². The second-order valence-electron chi connectivity index (χ2n) is 4.64. The number of para-hydroxylation sites is 1. The van der Waals surface area contributed by atoms with Gasteiger partial charge in [-0.1, -0.05) is 18.2 Å². The van der Waals surface area contributed by atoms with Crippen LogP contribution in [0.4, 0.5) is 5.69 Å². The Labute approximate surface area is 122 Å². The highest BCUT2D eigenvalue weighted by atomic mass is 32.1. The fourth-order valence-corrected chi connectivity index (χ4v) is 2.81. The Morgan fingerprint density at radius 1 is 1.40 bits per heavy atom. The average molecular weight is 290 g/mol. The molecule has 0 aliphatic carbocycles. The van der Waals surface area contributed by atoms with Crippen LogP contribution in [-0.4, -0.2) is 22.6 Å². The lowest BCUT2D eigenvalue weighted by molar-refractivity contribution is -0.136. The van der Waals surface area contributed by atoms with Gasteiger partial charge in [0.25, 0.3) is 0 Å². The first-order valence-electron chi connectivity index (χ1n) is 6.53. The first-order valence-corrected chi connectivity index (χ1v) is 7.41. The minimum absolute atomic E-state index is 0.0571. The molecule has 1 heterocycles. The highest BCUT2D eigenvalue weighted by molar-refractivity contribution is 7.09. The van der Waals surface area contributed by atoms with E-state index in [1.807, 2.05) is 42.6 Å². The van der Waals surface area contributed by atoms with Crippen molar-refractivity contribution in [2.45, 2.75) is 26.3 Å². The summed E-state index contributed by atoms with van der Waals surface area (Å²) in [7, 11) is 0. The fourth-order valence-electron chi connectivity index (χ4n) is 2.11. The Kier molecular flexibility index (Phi) is 4.74. The maximum absolute atomic E-state index is 10.9. The van der Waals surface area contributed by atoms with Gasteiger partial charge in [-0.15, -0.1) is 11.3 Å². The summed E-state index contributed by atoms with van der Waals surface area (Å²) in [5.74, 6) is -0.785. The zero-order valence-electron chi connectivity index (χ0n) is 11.6. The molecular formula is C15H18N2O2S. The van der Waals surface area contributed by atoms with Crippen molar-refractivity contribution in [3.63, 3.8) is 0 Å². The van der Waals surface area contributed by atoms with Gasteiger partial charge in [-0.25, -0.2) is 4.98 Å². The smallest absolute Gasteiger partial charge is 0.305 e. The van der Waals surface area contributed by atoms with Crippen LogP contribution in [0.2, 0.25) is 0 Å². The number of hydrogen-bond acceptors (Lipinski definition) is 4. The molecular weight excluding hydrogens is 272 g/mol. The highest BCUT2D eigenvalue weighted by Gasteiger charge is 2.19. The standard InChI is InChI=1S/C15H18N2O2S/c1-11(14-10-20-12(2)16-14)17(9-8-15(18)19)13-6-4-3-5-7-13/h3-7,10-11H,8-9H2,1-2H3,(H,18,19). The van der Waals surface area contributed by atoms with Crippen molar-refractivity contribution in [3.8, 4) is 0 Å². The quantitative estimate of drug-likeness (QED) is 0.884. The van der Waals surface area contributed by atoms with Gasteiger partial charge in [-0.3, -0.25) is 4.79 Å². The first-order chi connectivity index (χ1) is 9.58. The zero-order chi connectivity index (χ0) is 14.5. The van der Waals surface area contributed by atoms with Gasteiger partial charge in [0.15, 0.2) is 0 Å². The number of hydrogen-bond donors (Lipinski definition) is 1. The lowest BCUT2D eigenvalue weighted by Crippen LogP contribution is -2.29. The Bertz CT molecular complexity index is 568. The largest absolute Gasteiger partial charge is 0.481 e. The molecule has 0 saturated carbocycles. The molecule has 0 aliphatic heterocycles. The number of carbonyl (C=O) groups is 1. The van der Waals surface area contributed by atoms with E-state index in [0.29, 0.717) is 6.54 Å². The van der Waals surface area contributed by atoms with Crippen molar-refractivity contribution in [2.24, 2.45) is 0 Å². The maximum Gasteiger partial charge on any atom is 0.305 e. The molecule has 106 valence electrons. The van der Waals surface area contributed by atoms with Gasteiger partial charge >= 0.3 is 5.97 Å². The van der Waals surface area contributed by atoms with E-state index in [-0.39, 0.29) is 12.5 Å². The van der Waals surface area contributed by atoms with Gasteiger partial charge in [0, 0.05) is 17.6 Å². The van der Waals surface area contributed by atoms with E-state index in [0.717, 1.165) is 16.4 Å². The third-order valence-corrected chi connectivity index (χ3v) is 3.98. The Hall–Kier alpha value is -1.88. The van der Waals surface area contributed by atoms with Crippen molar-refractivity contribution in [1.82, 2.24) is 4.98 Å². The number of aryl methyl sites for hydroxylation is 1. The van der Waals surface area contributed by atoms with E-state index in [2.05, 4.69) is 16.8 Å². The average Bonchev–Trinajstić information content (AvgIpc) is 2.86. The van der Waals surface area contributed by atoms with Crippen LogP contribution in [0.3, 0.4) is 0 Å². The lowest BCUT2D eigenvalue weighted by atomic mass is 10.1. The molecule has 2 aromatic rings. The summed E-state index contributed by atoms with van der Waals surface area (Å²) in [5, 5.41) is 12.0. The van der Waals surface area contributed by atoms with Crippen LogP contribution >= 0.6 is 11.3 Å². The Morgan fingerprint density at radius 2 is 2.10 bits per heavy atom. The van der Waals surface area contributed by atoms with Crippen LogP contribution in [-0.2, 0) is 4.79 Å². The number of carboxylic acid groups (broad SMARTS) is 1. The summed E-state index contributed by atoms with van der Waals surface area (Å²) in [6.07, 6.45) is 0.113. The predicted octanol–water partition coefficient (Wildman–Crippen LogP) is 3.49. The number of anilines is 1. The summed E-state index contributed by atoms with van der Waals surface area (Å²) in [6.45, 7) is 4.51. The van der Waals surface area contributed by atoms with Crippen molar-refractivity contribution < 1.29 is 9.90 Å². The second-order valence-corrected chi connectivity index (χ2v) is 5.70. The fraction of sp³-hybridized carbons (Fsp3) is 0.333. The zero-order valence-corrected chi connectivity index (χ0v) is 12.4. The third-order valence-electron chi connectivity index (χ3n) is 3.19. The minimum Gasteiger partial charge on any atom is -0.481 e. The van der Waals surface area contributed by atoms with Crippen LogP contribution in [0.1, 0.15) is 30.1 Å². The molecule has 0 amide bonds. The lowest BCUT2D eigenvalue weighted by Gasteiger charge is -2.30. The van der Waals surface area contributed by atoms with E-state index in [4.69, 9.17) is 5.11 Å². The minimum atomic E-state index is -0.785. The molecule has 0 radical (unpaired) electrons. The molecule has 0 aliphatic rings. The molecule has 0 bridgehead atoms. The molecule has 0 spiro atoms. The summed E-state index contributed by atoms with van der Waals surface area (Å²) in [5.41, 5.74) is 2.01. The van der Waals surface area contributed by atoms with Crippen LogP contribution < -0.4 is 4.90 Å². The molecule has 1 aromatic carbocycles. The molecule has 1 atom stereocenters. The second kappa shape index (κ2) is 6.52. The summed E-state index contributed by atoms with van der Waals surface area (Å²) in [6, 6.07) is 9.93. The van der Waals surface area contributed by atoms with E-state index in [9.17, 15) is 4.79 Å². The number of aromatic nitrogens is 1. The van der Waals surface area contributed by atoms with Crippen molar-refractivity contribution in [2.75, 3.05) is 11.4 Å². The molecule has 1 N–H and O–H groups in total. The maximum atomic E-state index is 10.9. The van der Waals surface area contributed by atoms with E-state index < -0.39 is 5.97 Å². The van der Waals surface area contributed by atoms with Gasteiger partial charge in [0.2, 0.25) is 0 Å². The molecule has 0 fully saturated rings. The number of benzene rings is 1. The predicted molar refractivity (Wildman–Crippen MR) is 81.3 cm³/mol. The van der Waals surface area contributed by atoms with Crippen molar-refractivity contribution >= 4 is 23.0 Å². The van der Waals surface area contributed by atoms with Gasteiger partial charge in [-0.2, -0.15) is 0 Å². The molecule has 5 heteroatoms. The van der Waals surface area contributed by atoms with Crippen LogP contribution in [0.5, 0.6) is 0 Å². The van der Waals surface area contributed by atoms with Gasteiger partial charge in [-0.05, 0) is 26.0 Å². The van der Waals surface area contributed by atoms with Crippen LogP contribution in [0.25, 0.3) is 0 Å². The van der Waals surface area contributed by atoms with Crippen LogP contribution in [0.15, 0.2) is 35.7 Å². The van der Waals surface area contributed by atoms with Crippen molar-refractivity contribution in [1.29, 1.82) is 0 Å². The van der Waals surface area contributed by atoms with Gasteiger partial charge in [0.1, 0.15) is 0 Å². The Balaban J connectivity index is 2.23. The summed E-state index contributed by atoms with van der Waals surface area (Å²) < 4.78 is 0. The third kappa shape index (κ3) is 3.57. The SMILES string of the molecule is Cc1nc(C(C)N(CCC(=O)O)c2ccccc2)cs1. The molecule has 20 heavy (non-hydrogen) atoms. The topological polar surface area (TPSA) is 53.4 Å². The number of nitrogens with zero attached hydrogens (tertiary/aromatic N) is 2. The van der Waals surface area contributed by atoms with Gasteiger partial charge in [0.05, 0.1) is 23.2 Å². The Morgan fingerprint density at radius 3 is 2.65 bits per heavy atom. The summed E-state index contributed by atoms with van der Waals surface area (Å²) in [4.78, 5) is 17.5. The molecule has 4 nitrogen and oxygen atoms in total.